The van der Waals surface area contributed by atoms with Crippen LogP contribution in [0.3, 0.4) is 0 Å². The summed E-state index contributed by atoms with van der Waals surface area (Å²) in [5.41, 5.74) is 2.29. The van der Waals surface area contributed by atoms with Crippen LogP contribution >= 0.6 is 15.9 Å². The van der Waals surface area contributed by atoms with Gasteiger partial charge in [0.05, 0.1) is 0 Å². The minimum atomic E-state index is 0.493. The van der Waals surface area contributed by atoms with E-state index in [2.05, 4.69) is 32.8 Å². The van der Waals surface area contributed by atoms with Crippen molar-refractivity contribution in [2.45, 2.75) is 25.1 Å². The Bertz CT molecular complexity index is 235. The second-order valence-electron chi connectivity index (χ2n) is 2.62. The third-order valence-corrected chi connectivity index (χ3v) is 1.84. The predicted molar refractivity (Wildman–Crippen MR) is 48.9 cm³/mol. The van der Waals surface area contributed by atoms with Gasteiger partial charge < -0.3 is 0 Å². The molecule has 1 heterocycles. The highest BCUT2D eigenvalue weighted by Gasteiger charge is 2.02. The Morgan fingerprint density at radius 2 is 2.36 bits per heavy atom. The van der Waals surface area contributed by atoms with E-state index >= 15 is 0 Å². The van der Waals surface area contributed by atoms with E-state index in [9.17, 15) is 0 Å². The zero-order valence-electron chi connectivity index (χ0n) is 6.71. The summed E-state index contributed by atoms with van der Waals surface area (Å²) in [6.07, 6.45) is 4.45. The van der Waals surface area contributed by atoms with Gasteiger partial charge in [-0.1, -0.05) is 22.9 Å². The normalized spacial score (nSPS) is 13.0. The molecule has 0 saturated heterocycles. The Morgan fingerprint density at radius 1 is 1.64 bits per heavy atom. The van der Waals surface area contributed by atoms with Gasteiger partial charge in [0.25, 0.3) is 0 Å². The summed E-state index contributed by atoms with van der Waals surface area (Å²) in [5.74, 6) is 0. The summed E-state index contributed by atoms with van der Waals surface area (Å²) < 4.78 is 0. The van der Waals surface area contributed by atoms with E-state index in [0.29, 0.717) is 4.83 Å². The van der Waals surface area contributed by atoms with Crippen molar-refractivity contribution >= 4 is 15.9 Å². The van der Waals surface area contributed by atoms with Crippen molar-refractivity contribution < 1.29 is 0 Å². The van der Waals surface area contributed by atoms with Crippen LogP contribution in [0, 0.1) is 6.92 Å². The van der Waals surface area contributed by atoms with Crippen LogP contribution in [-0.2, 0) is 6.42 Å². The molecule has 0 fully saturated rings. The summed E-state index contributed by atoms with van der Waals surface area (Å²) in [6.45, 7) is 4.12. The molecule has 1 aromatic heterocycles. The number of rotatable bonds is 2. The molecule has 0 radical (unpaired) electrons. The molecule has 60 valence electrons. The van der Waals surface area contributed by atoms with Crippen molar-refractivity contribution in [2.24, 2.45) is 0 Å². The molecule has 3 heteroatoms. The number of alkyl halides is 1. The molecule has 1 atom stereocenters. The fourth-order valence-corrected chi connectivity index (χ4v) is 1.27. The minimum Gasteiger partial charge on any atom is -0.245 e. The molecule has 0 N–H and O–H groups in total. The third-order valence-electron chi connectivity index (χ3n) is 1.51. The van der Waals surface area contributed by atoms with Gasteiger partial charge in [0, 0.05) is 16.7 Å². The average Bonchev–Trinajstić information content (AvgIpc) is 1.93. The van der Waals surface area contributed by atoms with Crippen LogP contribution in [0.25, 0.3) is 0 Å². The lowest BCUT2D eigenvalue weighted by atomic mass is 10.1. The molecule has 0 aliphatic rings. The van der Waals surface area contributed by atoms with Gasteiger partial charge in [0.2, 0.25) is 0 Å². The van der Waals surface area contributed by atoms with Crippen molar-refractivity contribution in [2.75, 3.05) is 0 Å². The Hall–Kier alpha value is -0.440. The second kappa shape index (κ2) is 3.81. The number of halogens is 1. The lowest BCUT2D eigenvalue weighted by Crippen LogP contribution is -2.00. The smallest absolute Gasteiger partial charge is 0.115 e. The van der Waals surface area contributed by atoms with E-state index < -0.39 is 0 Å². The molecule has 1 unspecified atom stereocenters. The maximum absolute atomic E-state index is 4.10. The number of nitrogens with zero attached hydrogens (tertiary/aromatic N) is 2. The van der Waals surface area contributed by atoms with Gasteiger partial charge in [-0.15, -0.1) is 0 Å². The van der Waals surface area contributed by atoms with Gasteiger partial charge in [0.15, 0.2) is 0 Å². The van der Waals surface area contributed by atoms with Crippen LogP contribution in [-0.4, -0.2) is 14.8 Å². The second-order valence-corrected chi connectivity index (χ2v) is 4.18. The summed E-state index contributed by atoms with van der Waals surface area (Å²) in [6, 6.07) is 0. The molecule has 11 heavy (non-hydrogen) atoms. The average molecular weight is 215 g/mol. The fraction of sp³-hybridized carbons (Fsp3) is 0.500. The number of aryl methyl sites for hydroxylation is 1. The van der Waals surface area contributed by atoms with Crippen molar-refractivity contribution in [3.05, 3.63) is 23.8 Å². The number of hydrogen-bond donors (Lipinski definition) is 0. The maximum Gasteiger partial charge on any atom is 0.115 e. The zero-order valence-corrected chi connectivity index (χ0v) is 8.30. The number of aromatic nitrogens is 2. The van der Waals surface area contributed by atoms with E-state index in [0.717, 1.165) is 12.1 Å². The van der Waals surface area contributed by atoms with Crippen molar-refractivity contribution in [1.29, 1.82) is 0 Å². The van der Waals surface area contributed by atoms with Crippen LogP contribution in [0.2, 0.25) is 0 Å². The summed E-state index contributed by atoms with van der Waals surface area (Å²) in [4.78, 5) is 8.56. The van der Waals surface area contributed by atoms with Gasteiger partial charge in [-0.05, 0) is 18.9 Å². The fourth-order valence-electron chi connectivity index (χ4n) is 0.923. The topological polar surface area (TPSA) is 25.8 Å². The quantitative estimate of drug-likeness (QED) is 0.706. The highest BCUT2D eigenvalue weighted by atomic mass is 79.9. The predicted octanol–water partition coefficient (Wildman–Crippen LogP) is 2.11. The van der Waals surface area contributed by atoms with Crippen molar-refractivity contribution in [1.82, 2.24) is 9.97 Å². The van der Waals surface area contributed by atoms with Crippen LogP contribution in [0.15, 0.2) is 12.5 Å². The standard InChI is InChI=1S/C8H11BrN2/c1-6(9)3-8-4-10-5-11-7(8)2/h4-6H,3H2,1-2H3. The van der Waals surface area contributed by atoms with E-state index in [4.69, 9.17) is 0 Å². The molecule has 1 rings (SSSR count). The Balaban J connectivity index is 2.78. The lowest BCUT2D eigenvalue weighted by Gasteiger charge is -2.04. The van der Waals surface area contributed by atoms with Crippen LogP contribution in [0.4, 0.5) is 0 Å². The molecule has 1 aromatic rings. The summed E-state index contributed by atoms with van der Waals surface area (Å²) >= 11 is 3.49. The van der Waals surface area contributed by atoms with Crippen LogP contribution in [0.1, 0.15) is 18.2 Å². The van der Waals surface area contributed by atoms with Gasteiger partial charge in [0.1, 0.15) is 6.33 Å². The lowest BCUT2D eigenvalue weighted by molar-refractivity contribution is 0.910. The van der Waals surface area contributed by atoms with Crippen molar-refractivity contribution in [3.63, 3.8) is 0 Å². The SMILES string of the molecule is Cc1ncncc1CC(C)Br. The first-order valence-electron chi connectivity index (χ1n) is 3.59. The Morgan fingerprint density at radius 3 is 2.91 bits per heavy atom. The summed E-state index contributed by atoms with van der Waals surface area (Å²) in [7, 11) is 0. The zero-order chi connectivity index (χ0) is 8.27. The minimum absolute atomic E-state index is 0.493. The monoisotopic (exact) mass is 214 g/mol. The molecular weight excluding hydrogens is 204 g/mol. The van der Waals surface area contributed by atoms with E-state index in [1.54, 1.807) is 6.33 Å². The largest absolute Gasteiger partial charge is 0.245 e. The first-order valence-corrected chi connectivity index (χ1v) is 4.51. The van der Waals surface area contributed by atoms with Gasteiger partial charge in [-0.25, -0.2) is 9.97 Å². The molecule has 0 spiro atoms. The summed E-state index contributed by atoms with van der Waals surface area (Å²) in [5, 5.41) is 0. The molecule has 0 amide bonds. The molecule has 0 saturated carbocycles. The van der Waals surface area contributed by atoms with E-state index in [-0.39, 0.29) is 0 Å². The Labute approximate surface area is 75.2 Å². The van der Waals surface area contributed by atoms with E-state index in [1.165, 1.54) is 5.56 Å². The molecule has 0 aromatic carbocycles. The van der Waals surface area contributed by atoms with Gasteiger partial charge in [-0.3, -0.25) is 0 Å². The first kappa shape index (κ1) is 8.65. The van der Waals surface area contributed by atoms with Crippen molar-refractivity contribution in [3.8, 4) is 0 Å². The van der Waals surface area contributed by atoms with Crippen LogP contribution in [0.5, 0.6) is 0 Å². The molecular formula is C8H11BrN2. The molecule has 0 aliphatic carbocycles. The first-order chi connectivity index (χ1) is 5.20. The maximum atomic E-state index is 4.10. The van der Waals surface area contributed by atoms with Crippen LogP contribution < -0.4 is 0 Å². The molecule has 0 aliphatic heterocycles. The van der Waals surface area contributed by atoms with Gasteiger partial charge in [-0.2, -0.15) is 0 Å². The van der Waals surface area contributed by atoms with Gasteiger partial charge >= 0.3 is 0 Å². The Kier molecular flexibility index (Phi) is 3.00. The third kappa shape index (κ3) is 2.58. The number of hydrogen-bond acceptors (Lipinski definition) is 2. The highest BCUT2D eigenvalue weighted by Crippen LogP contribution is 2.09. The molecule has 0 bridgehead atoms. The van der Waals surface area contributed by atoms with E-state index in [1.807, 2.05) is 13.1 Å². The highest BCUT2D eigenvalue weighted by molar-refractivity contribution is 9.09. The molecule has 2 nitrogen and oxygen atoms in total.